The van der Waals surface area contributed by atoms with Gasteiger partial charge in [0, 0.05) is 17.2 Å². The van der Waals surface area contributed by atoms with Crippen molar-refractivity contribution < 1.29 is 4.79 Å². The van der Waals surface area contributed by atoms with E-state index in [1.807, 2.05) is 24.3 Å². The predicted octanol–water partition coefficient (Wildman–Crippen LogP) is 2.93. The summed E-state index contributed by atoms with van der Waals surface area (Å²) < 4.78 is 0. The van der Waals surface area contributed by atoms with Gasteiger partial charge in [-0.15, -0.1) is 0 Å². The molecule has 0 bridgehead atoms. The van der Waals surface area contributed by atoms with Gasteiger partial charge in [-0.05, 0) is 42.9 Å². The first-order valence-corrected chi connectivity index (χ1v) is 6.90. The number of nitrogens with zero attached hydrogens (tertiary/aromatic N) is 1. The largest absolute Gasteiger partial charge is 0.271 e. The van der Waals surface area contributed by atoms with Crippen molar-refractivity contribution in [1.82, 2.24) is 5.43 Å². The molecule has 0 spiro atoms. The third-order valence-corrected chi connectivity index (χ3v) is 4.09. The van der Waals surface area contributed by atoms with Crippen molar-refractivity contribution in [3.8, 4) is 0 Å². The quantitative estimate of drug-likeness (QED) is 0.654. The van der Waals surface area contributed by atoms with E-state index in [2.05, 4.69) is 29.6 Å². The van der Waals surface area contributed by atoms with Crippen LogP contribution in [-0.4, -0.2) is 11.6 Å². The van der Waals surface area contributed by atoms with Crippen LogP contribution >= 0.6 is 0 Å². The highest BCUT2D eigenvalue weighted by atomic mass is 16.2. The second-order valence-electron chi connectivity index (χ2n) is 5.23. The smallest absolute Gasteiger partial charge is 0.267 e. The lowest BCUT2D eigenvalue weighted by molar-refractivity contribution is 0.0954. The van der Waals surface area contributed by atoms with Crippen molar-refractivity contribution in [2.24, 2.45) is 16.9 Å². The summed E-state index contributed by atoms with van der Waals surface area (Å²) in [5.74, 6) is 1.09. The lowest BCUT2D eigenvalue weighted by atomic mass is 9.74. The summed E-state index contributed by atoms with van der Waals surface area (Å²) in [7, 11) is 0. The summed E-state index contributed by atoms with van der Waals surface area (Å²) in [4.78, 5) is 11.9. The molecule has 1 N–H and O–H groups in total. The highest BCUT2D eigenvalue weighted by molar-refractivity contribution is 5.98. The number of hydrazone groups is 1. The summed E-state index contributed by atoms with van der Waals surface area (Å²) in [6.07, 6.45) is 7.53. The molecule has 2 atom stereocenters. The Balaban J connectivity index is 1.60. The Morgan fingerprint density at radius 3 is 2.84 bits per heavy atom. The van der Waals surface area contributed by atoms with Crippen molar-refractivity contribution in [2.45, 2.75) is 26.2 Å². The first kappa shape index (κ1) is 12.2. The maximum absolute atomic E-state index is 11.9. The molecule has 3 heteroatoms. The Labute approximate surface area is 113 Å². The van der Waals surface area contributed by atoms with Gasteiger partial charge in [-0.2, -0.15) is 5.10 Å². The van der Waals surface area contributed by atoms with Crippen LogP contribution in [0.25, 0.3) is 0 Å². The van der Waals surface area contributed by atoms with Gasteiger partial charge in [-0.25, -0.2) is 5.43 Å². The SMILES string of the molecule is CCc1ccc(C(=O)N/N=C2/C[C@H]3C=CC[C@H]23)cc1. The van der Waals surface area contributed by atoms with Gasteiger partial charge in [0.2, 0.25) is 0 Å². The van der Waals surface area contributed by atoms with Crippen LogP contribution in [0.4, 0.5) is 0 Å². The van der Waals surface area contributed by atoms with Gasteiger partial charge in [0.1, 0.15) is 0 Å². The molecule has 98 valence electrons. The number of hydrogen-bond acceptors (Lipinski definition) is 2. The van der Waals surface area contributed by atoms with Crippen molar-refractivity contribution in [2.75, 3.05) is 0 Å². The molecule has 0 heterocycles. The van der Waals surface area contributed by atoms with E-state index in [-0.39, 0.29) is 5.91 Å². The summed E-state index contributed by atoms with van der Waals surface area (Å²) in [5, 5.41) is 4.27. The number of nitrogens with one attached hydrogen (secondary N) is 1. The molecule has 1 aromatic carbocycles. The number of carbonyl (C=O) groups excluding carboxylic acids is 1. The molecule has 1 aromatic rings. The molecule has 1 fully saturated rings. The standard InChI is InChI=1S/C16H18N2O/c1-2-11-6-8-12(9-7-11)16(19)18-17-15-10-13-4-3-5-14(13)15/h3-4,6-9,13-14H,2,5,10H2,1H3,(H,18,19)/b17-15-/t13-,14+/m1/s1. The maximum Gasteiger partial charge on any atom is 0.271 e. The zero-order valence-electron chi connectivity index (χ0n) is 11.1. The molecular formula is C16H18N2O. The fraction of sp³-hybridized carbons (Fsp3) is 0.375. The number of hydrogen-bond donors (Lipinski definition) is 1. The average molecular weight is 254 g/mol. The van der Waals surface area contributed by atoms with E-state index in [9.17, 15) is 4.79 Å². The van der Waals surface area contributed by atoms with E-state index in [0.29, 0.717) is 17.4 Å². The van der Waals surface area contributed by atoms with Crippen molar-refractivity contribution in [3.63, 3.8) is 0 Å². The first-order chi connectivity index (χ1) is 9.28. The highest BCUT2D eigenvalue weighted by Gasteiger charge is 2.37. The normalized spacial score (nSPS) is 26.1. The fourth-order valence-electron chi connectivity index (χ4n) is 2.74. The number of amides is 1. The minimum atomic E-state index is -0.121. The van der Waals surface area contributed by atoms with Crippen LogP contribution in [0.3, 0.4) is 0 Å². The lowest BCUT2D eigenvalue weighted by Gasteiger charge is -2.31. The van der Waals surface area contributed by atoms with Crippen LogP contribution in [0.15, 0.2) is 41.5 Å². The van der Waals surface area contributed by atoms with Gasteiger partial charge < -0.3 is 0 Å². The van der Waals surface area contributed by atoms with E-state index in [1.165, 1.54) is 5.56 Å². The third kappa shape index (κ3) is 2.33. The van der Waals surface area contributed by atoms with Gasteiger partial charge >= 0.3 is 0 Å². The monoisotopic (exact) mass is 254 g/mol. The average Bonchev–Trinajstić information content (AvgIpc) is 2.80. The molecule has 19 heavy (non-hydrogen) atoms. The Bertz CT molecular complexity index is 542. The van der Waals surface area contributed by atoms with Crippen LogP contribution in [0.2, 0.25) is 0 Å². The Morgan fingerprint density at radius 1 is 1.37 bits per heavy atom. The molecule has 2 aliphatic rings. The molecular weight excluding hydrogens is 236 g/mol. The molecule has 1 amide bonds. The van der Waals surface area contributed by atoms with Crippen LogP contribution in [0.1, 0.15) is 35.7 Å². The van der Waals surface area contributed by atoms with Crippen molar-refractivity contribution >= 4 is 11.6 Å². The lowest BCUT2D eigenvalue weighted by Crippen LogP contribution is -2.35. The third-order valence-electron chi connectivity index (χ3n) is 4.09. The molecule has 3 nitrogen and oxygen atoms in total. The van der Waals surface area contributed by atoms with Gasteiger partial charge in [0.15, 0.2) is 0 Å². The van der Waals surface area contributed by atoms with E-state index >= 15 is 0 Å². The van der Waals surface area contributed by atoms with Crippen LogP contribution < -0.4 is 5.43 Å². The van der Waals surface area contributed by atoms with Gasteiger partial charge in [-0.1, -0.05) is 31.2 Å². The molecule has 0 radical (unpaired) electrons. The minimum Gasteiger partial charge on any atom is -0.267 e. The second kappa shape index (κ2) is 5.00. The van der Waals surface area contributed by atoms with Gasteiger partial charge in [0.05, 0.1) is 0 Å². The number of allylic oxidation sites excluding steroid dienone is 2. The highest BCUT2D eigenvalue weighted by Crippen LogP contribution is 2.40. The second-order valence-corrected chi connectivity index (χ2v) is 5.23. The summed E-state index contributed by atoms with van der Waals surface area (Å²) in [6, 6.07) is 7.69. The number of rotatable bonds is 3. The van der Waals surface area contributed by atoms with E-state index in [1.54, 1.807) is 0 Å². The molecule has 1 saturated carbocycles. The molecule has 3 rings (SSSR count). The fourth-order valence-corrected chi connectivity index (χ4v) is 2.74. The summed E-state index contributed by atoms with van der Waals surface area (Å²) >= 11 is 0. The summed E-state index contributed by atoms with van der Waals surface area (Å²) in [5.41, 5.74) is 5.71. The molecule has 0 unspecified atom stereocenters. The number of aryl methyl sites for hydroxylation is 1. The van der Waals surface area contributed by atoms with E-state index in [0.717, 1.165) is 25.0 Å². The van der Waals surface area contributed by atoms with Crippen LogP contribution in [-0.2, 0) is 6.42 Å². The van der Waals surface area contributed by atoms with Crippen LogP contribution in [0, 0.1) is 11.8 Å². The Hall–Kier alpha value is -1.90. The van der Waals surface area contributed by atoms with Crippen molar-refractivity contribution in [1.29, 1.82) is 0 Å². The number of benzene rings is 1. The predicted molar refractivity (Wildman–Crippen MR) is 76.1 cm³/mol. The Morgan fingerprint density at radius 2 is 2.16 bits per heavy atom. The van der Waals surface area contributed by atoms with Crippen LogP contribution in [0.5, 0.6) is 0 Å². The topological polar surface area (TPSA) is 41.5 Å². The maximum atomic E-state index is 11.9. The molecule has 0 aromatic heterocycles. The minimum absolute atomic E-state index is 0.121. The van der Waals surface area contributed by atoms with Gasteiger partial charge in [0.25, 0.3) is 5.91 Å². The molecule has 2 aliphatic carbocycles. The summed E-state index contributed by atoms with van der Waals surface area (Å²) in [6.45, 7) is 2.10. The van der Waals surface area contributed by atoms with E-state index < -0.39 is 0 Å². The van der Waals surface area contributed by atoms with Gasteiger partial charge in [-0.3, -0.25) is 4.79 Å². The molecule has 0 aliphatic heterocycles. The zero-order chi connectivity index (χ0) is 13.2. The van der Waals surface area contributed by atoms with E-state index in [4.69, 9.17) is 0 Å². The Kier molecular flexibility index (Phi) is 3.20. The zero-order valence-corrected chi connectivity index (χ0v) is 11.1. The number of fused-ring (bicyclic) bond motifs is 1. The first-order valence-electron chi connectivity index (χ1n) is 6.90. The number of carbonyl (C=O) groups is 1. The molecule has 0 saturated heterocycles. The van der Waals surface area contributed by atoms with Crippen molar-refractivity contribution in [3.05, 3.63) is 47.5 Å².